The van der Waals surface area contributed by atoms with Gasteiger partial charge in [0.2, 0.25) is 0 Å². The molecule has 0 aromatic carbocycles. The van der Waals surface area contributed by atoms with E-state index < -0.39 is 0 Å². The average Bonchev–Trinajstić information content (AvgIpc) is 3.32. The van der Waals surface area contributed by atoms with Crippen LogP contribution in [0.5, 0.6) is 0 Å². The summed E-state index contributed by atoms with van der Waals surface area (Å²) in [5.74, 6) is 0.909. The summed E-state index contributed by atoms with van der Waals surface area (Å²) in [4.78, 5) is 13.3. The van der Waals surface area contributed by atoms with Gasteiger partial charge in [-0.2, -0.15) is 0 Å². The maximum atomic E-state index is 12.0. The highest BCUT2D eigenvalue weighted by Gasteiger charge is 2.35. The van der Waals surface area contributed by atoms with Crippen molar-refractivity contribution in [2.45, 2.75) is 74.4 Å². The third-order valence-corrected chi connectivity index (χ3v) is 7.00. The van der Waals surface area contributed by atoms with Gasteiger partial charge in [0, 0.05) is 23.8 Å². The molecule has 0 radical (unpaired) electrons. The SMILES string of the molecule is C[C@H]1C[C@H](Sc2nnc(Cc3cccs3)n2C2CCCCC2)C(=O)O1. The fourth-order valence-electron chi connectivity index (χ4n) is 3.73. The van der Waals surface area contributed by atoms with Gasteiger partial charge in [-0.3, -0.25) is 4.79 Å². The first-order valence-corrected chi connectivity index (χ1v) is 10.8. The largest absolute Gasteiger partial charge is 0.462 e. The van der Waals surface area contributed by atoms with Crippen LogP contribution >= 0.6 is 23.1 Å². The molecule has 0 spiro atoms. The van der Waals surface area contributed by atoms with Crippen LogP contribution in [0.15, 0.2) is 22.7 Å². The quantitative estimate of drug-likeness (QED) is 0.730. The second-order valence-electron chi connectivity index (χ2n) is 6.91. The fourth-order valence-corrected chi connectivity index (χ4v) is 5.66. The highest BCUT2D eigenvalue weighted by Crippen LogP contribution is 2.37. The molecule has 5 nitrogen and oxygen atoms in total. The molecule has 0 unspecified atom stereocenters. The van der Waals surface area contributed by atoms with Crippen molar-refractivity contribution in [3.05, 3.63) is 28.2 Å². The van der Waals surface area contributed by atoms with Crippen LogP contribution in [-0.4, -0.2) is 32.1 Å². The standard InChI is InChI=1S/C18H23N3O2S2/c1-12-10-15(17(22)23-12)25-18-20-19-16(11-14-8-5-9-24-14)21(18)13-6-3-2-4-7-13/h5,8-9,12-13,15H,2-4,6-7,10-11H2,1H3/t12-,15-/m0/s1. The lowest BCUT2D eigenvalue weighted by Crippen LogP contribution is -2.18. The first-order chi connectivity index (χ1) is 12.2. The normalized spacial score (nSPS) is 24.6. The third-order valence-electron chi connectivity index (χ3n) is 4.96. The lowest BCUT2D eigenvalue weighted by molar-refractivity contribution is -0.140. The Hall–Kier alpha value is -1.34. The number of aromatic nitrogens is 3. The van der Waals surface area contributed by atoms with E-state index in [1.54, 1.807) is 11.3 Å². The number of carbonyl (C=O) groups is 1. The summed E-state index contributed by atoms with van der Waals surface area (Å²) < 4.78 is 7.63. The first-order valence-electron chi connectivity index (χ1n) is 9.04. The molecule has 0 bridgehead atoms. The Labute approximate surface area is 156 Å². The molecule has 4 rings (SSSR count). The summed E-state index contributed by atoms with van der Waals surface area (Å²) in [6.45, 7) is 1.95. The summed E-state index contributed by atoms with van der Waals surface area (Å²) in [6.07, 6.45) is 7.74. The van der Waals surface area contributed by atoms with Crippen LogP contribution in [0, 0.1) is 0 Å². The van der Waals surface area contributed by atoms with Gasteiger partial charge >= 0.3 is 5.97 Å². The third kappa shape index (κ3) is 3.77. The van der Waals surface area contributed by atoms with Crippen LogP contribution in [-0.2, 0) is 16.0 Å². The Morgan fingerprint density at radius 1 is 1.32 bits per heavy atom. The van der Waals surface area contributed by atoms with Crippen molar-refractivity contribution in [1.29, 1.82) is 0 Å². The zero-order valence-corrected chi connectivity index (χ0v) is 16.0. The van der Waals surface area contributed by atoms with E-state index in [0.29, 0.717) is 6.04 Å². The van der Waals surface area contributed by atoms with E-state index in [0.717, 1.165) is 23.8 Å². The van der Waals surface area contributed by atoms with E-state index in [1.807, 2.05) is 6.92 Å². The number of thioether (sulfide) groups is 1. The molecule has 3 heterocycles. The highest BCUT2D eigenvalue weighted by atomic mass is 32.2. The molecule has 7 heteroatoms. The Morgan fingerprint density at radius 2 is 2.16 bits per heavy atom. The van der Waals surface area contributed by atoms with Crippen molar-refractivity contribution in [3.8, 4) is 0 Å². The van der Waals surface area contributed by atoms with Gasteiger partial charge in [-0.25, -0.2) is 0 Å². The molecule has 1 aliphatic heterocycles. The lowest BCUT2D eigenvalue weighted by atomic mass is 9.95. The Bertz CT molecular complexity index is 723. The average molecular weight is 378 g/mol. The fraction of sp³-hybridized carbons (Fsp3) is 0.611. The minimum Gasteiger partial charge on any atom is -0.462 e. The molecule has 1 saturated heterocycles. The van der Waals surface area contributed by atoms with Crippen LogP contribution in [0.3, 0.4) is 0 Å². The number of ether oxygens (including phenoxy) is 1. The van der Waals surface area contributed by atoms with Crippen molar-refractivity contribution >= 4 is 29.1 Å². The van der Waals surface area contributed by atoms with E-state index in [9.17, 15) is 4.79 Å². The van der Waals surface area contributed by atoms with Gasteiger partial charge in [-0.15, -0.1) is 21.5 Å². The maximum absolute atomic E-state index is 12.0. The number of hydrogen-bond acceptors (Lipinski definition) is 6. The van der Waals surface area contributed by atoms with Crippen LogP contribution in [0.4, 0.5) is 0 Å². The number of esters is 1. The van der Waals surface area contributed by atoms with Crippen LogP contribution in [0.25, 0.3) is 0 Å². The first kappa shape index (κ1) is 17.1. The molecule has 134 valence electrons. The highest BCUT2D eigenvalue weighted by molar-refractivity contribution is 8.00. The molecule has 0 N–H and O–H groups in total. The van der Waals surface area contributed by atoms with E-state index in [2.05, 4.69) is 32.3 Å². The Balaban J connectivity index is 1.61. The van der Waals surface area contributed by atoms with E-state index in [4.69, 9.17) is 4.74 Å². The van der Waals surface area contributed by atoms with Crippen molar-refractivity contribution in [1.82, 2.24) is 14.8 Å². The van der Waals surface area contributed by atoms with Gasteiger partial charge in [0.1, 0.15) is 17.2 Å². The van der Waals surface area contributed by atoms with E-state index in [-0.39, 0.29) is 17.3 Å². The maximum Gasteiger partial charge on any atom is 0.319 e. The minimum absolute atomic E-state index is 0.00152. The number of hydrogen-bond donors (Lipinski definition) is 0. The Morgan fingerprint density at radius 3 is 2.84 bits per heavy atom. The summed E-state index contributed by atoms with van der Waals surface area (Å²) in [5, 5.41) is 11.8. The predicted octanol–water partition coefficient (Wildman–Crippen LogP) is 4.23. The van der Waals surface area contributed by atoms with Crippen LogP contribution in [0.2, 0.25) is 0 Å². The topological polar surface area (TPSA) is 57.0 Å². The van der Waals surface area contributed by atoms with Crippen LogP contribution < -0.4 is 0 Å². The molecular formula is C18H23N3O2S2. The number of rotatable bonds is 5. The second kappa shape index (κ2) is 7.50. The summed E-state index contributed by atoms with van der Waals surface area (Å²) in [5.41, 5.74) is 0. The van der Waals surface area contributed by atoms with Crippen molar-refractivity contribution in [3.63, 3.8) is 0 Å². The summed E-state index contributed by atoms with van der Waals surface area (Å²) in [7, 11) is 0. The van der Waals surface area contributed by atoms with Gasteiger partial charge in [-0.1, -0.05) is 37.1 Å². The molecule has 2 aromatic heterocycles. The Kier molecular flexibility index (Phi) is 5.12. The molecule has 2 fully saturated rings. The molecule has 2 aliphatic rings. The predicted molar refractivity (Wildman–Crippen MR) is 99.1 cm³/mol. The van der Waals surface area contributed by atoms with E-state index in [1.165, 1.54) is 48.7 Å². The van der Waals surface area contributed by atoms with Crippen molar-refractivity contribution in [2.24, 2.45) is 0 Å². The van der Waals surface area contributed by atoms with Gasteiger partial charge in [0.15, 0.2) is 5.16 Å². The molecular weight excluding hydrogens is 354 g/mol. The smallest absolute Gasteiger partial charge is 0.319 e. The number of carbonyl (C=O) groups excluding carboxylic acids is 1. The number of thiophene rings is 1. The van der Waals surface area contributed by atoms with E-state index >= 15 is 0 Å². The molecule has 1 saturated carbocycles. The van der Waals surface area contributed by atoms with Crippen molar-refractivity contribution in [2.75, 3.05) is 0 Å². The zero-order chi connectivity index (χ0) is 17.2. The summed E-state index contributed by atoms with van der Waals surface area (Å²) >= 11 is 3.29. The van der Waals surface area contributed by atoms with Gasteiger partial charge in [-0.05, 0) is 31.2 Å². The zero-order valence-electron chi connectivity index (χ0n) is 14.4. The monoisotopic (exact) mass is 377 g/mol. The second-order valence-corrected chi connectivity index (χ2v) is 9.11. The van der Waals surface area contributed by atoms with Crippen molar-refractivity contribution < 1.29 is 9.53 Å². The lowest BCUT2D eigenvalue weighted by Gasteiger charge is -2.25. The van der Waals surface area contributed by atoms with Crippen LogP contribution in [0.1, 0.15) is 62.2 Å². The summed E-state index contributed by atoms with van der Waals surface area (Å²) in [6, 6.07) is 4.68. The molecule has 2 aromatic rings. The molecule has 25 heavy (non-hydrogen) atoms. The molecule has 0 amide bonds. The molecule has 1 aliphatic carbocycles. The number of nitrogens with zero attached hydrogens (tertiary/aromatic N) is 3. The van der Waals surface area contributed by atoms with Gasteiger partial charge in [0.05, 0.1) is 0 Å². The minimum atomic E-state index is -0.156. The molecule has 2 atom stereocenters. The van der Waals surface area contributed by atoms with Gasteiger partial charge < -0.3 is 9.30 Å². The van der Waals surface area contributed by atoms with Gasteiger partial charge in [0.25, 0.3) is 0 Å². The number of cyclic esters (lactones) is 1.